The summed E-state index contributed by atoms with van der Waals surface area (Å²) in [5.74, 6) is -0.842. The number of benzene rings is 2. The molecule has 0 aromatic heterocycles. The van der Waals surface area contributed by atoms with Crippen molar-refractivity contribution in [1.29, 1.82) is 0 Å². The molecule has 2 N–H and O–H groups in total. The predicted molar refractivity (Wildman–Crippen MR) is 82.3 cm³/mol. The summed E-state index contributed by atoms with van der Waals surface area (Å²) in [6.07, 6.45) is 3.09. The molecule has 112 valence electrons. The molecule has 0 aliphatic heterocycles. The lowest BCUT2D eigenvalue weighted by molar-refractivity contribution is 0.0693. The second kappa shape index (κ2) is 6.48. The number of hydrogen-bond donors (Lipinski definition) is 2. The third-order valence-corrected chi connectivity index (χ3v) is 3.54. The number of ether oxygens (including phenoxy) is 1. The molecule has 0 radical (unpaired) electrons. The molecule has 0 aliphatic rings. The number of hydrogen-bond acceptors (Lipinski definition) is 3. The third-order valence-electron chi connectivity index (χ3n) is 3.54. The van der Waals surface area contributed by atoms with Gasteiger partial charge in [-0.1, -0.05) is 38.0 Å². The van der Waals surface area contributed by atoms with Gasteiger partial charge in [0, 0.05) is 10.8 Å². The van der Waals surface area contributed by atoms with Gasteiger partial charge in [-0.05, 0) is 25.0 Å². The monoisotopic (exact) mass is 288 g/mol. The Labute approximate surface area is 124 Å². The summed E-state index contributed by atoms with van der Waals surface area (Å²) >= 11 is 0. The normalized spacial score (nSPS) is 10.8. The molecule has 0 saturated heterocycles. The Morgan fingerprint density at radius 2 is 2.05 bits per heavy atom. The van der Waals surface area contributed by atoms with Crippen molar-refractivity contribution < 1.29 is 19.7 Å². The zero-order valence-electron chi connectivity index (χ0n) is 12.3. The highest BCUT2D eigenvalue weighted by molar-refractivity contribution is 6.04. The molecule has 0 fully saturated rings. The second-order valence-corrected chi connectivity index (χ2v) is 5.13. The summed E-state index contributed by atoms with van der Waals surface area (Å²) in [7, 11) is 0. The Balaban J connectivity index is 2.51. The van der Waals surface area contributed by atoms with Crippen LogP contribution in [-0.2, 0) is 0 Å². The van der Waals surface area contributed by atoms with Gasteiger partial charge in [-0.3, -0.25) is 0 Å². The van der Waals surface area contributed by atoms with Gasteiger partial charge in [0.15, 0.2) is 0 Å². The molecule has 4 heteroatoms. The maximum atomic E-state index is 11.3. The van der Waals surface area contributed by atoms with E-state index in [1.54, 1.807) is 12.1 Å². The Morgan fingerprint density at radius 1 is 1.29 bits per heavy atom. The highest BCUT2D eigenvalue weighted by Gasteiger charge is 2.18. The van der Waals surface area contributed by atoms with Crippen molar-refractivity contribution in [2.24, 2.45) is 0 Å². The number of rotatable bonds is 6. The zero-order valence-corrected chi connectivity index (χ0v) is 12.3. The zero-order chi connectivity index (χ0) is 15.4. The Bertz CT molecular complexity index is 661. The van der Waals surface area contributed by atoms with E-state index in [1.165, 1.54) is 6.07 Å². The standard InChI is InChI=1S/C17H20O4/c1-3-4-5-9-21-14-10-13(17(19)20)16(18)12-8-6-7-11(2)15(12)14/h6-8,10,18H,3-5,9H2,1-2H3,(H,19,20). The number of unbranched alkanes of at least 4 members (excludes halogenated alkanes) is 2. The summed E-state index contributed by atoms with van der Waals surface area (Å²) in [6.45, 7) is 4.57. The lowest BCUT2D eigenvalue weighted by Gasteiger charge is -2.14. The van der Waals surface area contributed by atoms with Gasteiger partial charge in [-0.25, -0.2) is 4.79 Å². The molecule has 0 aliphatic carbocycles. The first-order valence-electron chi connectivity index (χ1n) is 7.17. The number of fused-ring (bicyclic) bond motifs is 1. The largest absolute Gasteiger partial charge is 0.506 e. The van der Waals surface area contributed by atoms with Crippen molar-refractivity contribution >= 4 is 16.7 Å². The highest BCUT2D eigenvalue weighted by atomic mass is 16.5. The van der Waals surface area contributed by atoms with Crippen molar-refractivity contribution in [3.05, 3.63) is 35.4 Å². The smallest absolute Gasteiger partial charge is 0.339 e. The van der Waals surface area contributed by atoms with Crippen molar-refractivity contribution in [2.75, 3.05) is 6.61 Å². The van der Waals surface area contributed by atoms with Crippen LogP contribution in [-0.4, -0.2) is 22.8 Å². The first-order chi connectivity index (χ1) is 10.1. The minimum absolute atomic E-state index is 0.126. The molecule has 2 aromatic carbocycles. The number of aromatic hydroxyl groups is 1. The van der Waals surface area contributed by atoms with Crippen LogP contribution in [0.25, 0.3) is 10.8 Å². The predicted octanol–water partition coefficient (Wildman–Crippen LogP) is 4.12. The molecule has 4 nitrogen and oxygen atoms in total. The molecule has 2 aromatic rings. The van der Waals surface area contributed by atoms with Crippen LogP contribution < -0.4 is 4.74 Å². The Morgan fingerprint density at radius 3 is 2.71 bits per heavy atom. The fourth-order valence-electron chi connectivity index (χ4n) is 2.42. The highest BCUT2D eigenvalue weighted by Crippen LogP contribution is 2.38. The van der Waals surface area contributed by atoms with Gasteiger partial charge in [0.2, 0.25) is 0 Å². The lowest BCUT2D eigenvalue weighted by atomic mass is 10.0. The van der Waals surface area contributed by atoms with Crippen molar-refractivity contribution in [2.45, 2.75) is 33.1 Å². The van der Waals surface area contributed by atoms with Gasteiger partial charge in [-0.2, -0.15) is 0 Å². The number of carboxylic acids is 1. The SMILES string of the molecule is CCCCCOc1cc(C(=O)O)c(O)c2cccc(C)c12. The number of carboxylic acid groups (broad SMARTS) is 1. The van der Waals surface area contributed by atoms with Gasteiger partial charge in [0.05, 0.1) is 6.61 Å². The fourth-order valence-corrected chi connectivity index (χ4v) is 2.42. The molecule has 0 amide bonds. The number of aromatic carboxylic acids is 1. The molecule has 0 heterocycles. The van der Waals surface area contributed by atoms with Crippen LogP contribution in [0.5, 0.6) is 11.5 Å². The van der Waals surface area contributed by atoms with Crippen LogP contribution in [0, 0.1) is 6.92 Å². The van der Waals surface area contributed by atoms with E-state index in [1.807, 2.05) is 13.0 Å². The van der Waals surface area contributed by atoms with Gasteiger partial charge in [0.25, 0.3) is 0 Å². The van der Waals surface area contributed by atoms with Crippen molar-refractivity contribution in [3.8, 4) is 11.5 Å². The summed E-state index contributed by atoms with van der Waals surface area (Å²) < 4.78 is 5.77. The minimum Gasteiger partial charge on any atom is -0.506 e. The van der Waals surface area contributed by atoms with Gasteiger partial charge in [-0.15, -0.1) is 0 Å². The first-order valence-corrected chi connectivity index (χ1v) is 7.17. The molecular weight excluding hydrogens is 268 g/mol. The molecule has 0 unspecified atom stereocenters. The fraction of sp³-hybridized carbons (Fsp3) is 0.353. The van der Waals surface area contributed by atoms with E-state index in [9.17, 15) is 15.0 Å². The summed E-state index contributed by atoms with van der Waals surface area (Å²) in [4.78, 5) is 11.3. The van der Waals surface area contributed by atoms with Crippen LogP contribution >= 0.6 is 0 Å². The topological polar surface area (TPSA) is 66.8 Å². The van der Waals surface area contributed by atoms with Gasteiger partial charge in [0.1, 0.15) is 17.1 Å². The van der Waals surface area contributed by atoms with Crippen molar-refractivity contribution in [3.63, 3.8) is 0 Å². The summed E-state index contributed by atoms with van der Waals surface area (Å²) in [5.41, 5.74) is 0.823. The molecule has 0 spiro atoms. The maximum absolute atomic E-state index is 11.3. The van der Waals surface area contributed by atoms with Crippen LogP contribution in [0.2, 0.25) is 0 Å². The van der Waals surface area contributed by atoms with Gasteiger partial charge >= 0.3 is 5.97 Å². The Hall–Kier alpha value is -2.23. The van der Waals surface area contributed by atoms with E-state index in [4.69, 9.17) is 4.74 Å². The number of aryl methyl sites for hydroxylation is 1. The van der Waals surface area contributed by atoms with Crippen LogP contribution in [0.3, 0.4) is 0 Å². The summed E-state index contributed by atoms with van der Waals surface area (Å²) in [5, 5.41) is 20.6. The second-order valence-electron chi connectivity index (χ2n) is 5.13. The van der Waals surface area contributed by atoms with Crippen LogP contribution in [0.4, 0.5) is 0 Å². The Kier molecular flexibility index (Phi) is 4.68. The van der Waals surface area contributed by atoms with E-state index in [2.05, 4.69) is 6.92 Å². The molecule has 21 heavy (non-hydrogen) atoms. The maximum Gasteiger partial charge on any atom is 0.339 e. The van der Waals surface area contributed by atoms with E-state index in [0.29, 0.717) is 17.7 Å². The molecule has 0 saturated carbocycles. The average Bonchev–Trinajstić information content (AvgIpc) is 2.45. The molecule has 0 atom stereocenters. The van der Waals surface area contributed by atoms with E-state index >= 15 is 0 Å². The van der Waals surface area contributed by atoms with Crippen LogP contribution in [0.15, 0.2) is 24.3 Å². The third kappa shape index (κ3) is 3.10. The van der Waals surface area contributed by atoms with Gasteiger partial charge < -0.3 is 14.9 Å². The molecule has 2 rings (SSSR count). The lowest BCUT2D eigenvalue weighted by Crippen LogP contribution is -2.03. The molecular formula is C17H20O4. The van der Waals surface area contributed by atoms with E-state index in [0.717, 1.165) is 30.2 Å². The van der Waals surface area contributed by atoms with E-state index < -0.39 is 5.97 Å². The average molecular weight is 288 g/mol. The van der Waals surface area contributed by atoms with Crippen LogP contribution in [0.1, 0.15) is 42.1 Å². The number of phenols is 1. The van der Waals surface area contributed by atoms with E-state index in [-0.39, 0.29) is 11.3 Å². The quantitative estimate of drug-likeness (QED) is 0.785. The first kappa shape index (κ1) is 15.2. The molecule has 0 bridgehead atoms. The number of carbonyl (C=O) groups is 1. The van der Waals surface area contributed by atoms with Crippen molar-refractivity contribution in [1.82, 2.24) is 0 Å². The summed E-state index contributed by atoms with van der Waals surface area (Å²) in [6, 6.07) is 6.84. The minimum atomic E-state index is -1.16.